The molecule has 1 aliphatic carbocycles. The number of hydrogen-bond donors (Lipinski definition) is 2. The van der Waals surface area contributed by atoms with Gasteiger partial charge in [-0.05, 0) is 44.1 Å². The molecule has 0 amide bonds. The fraction of sp³-hybridized carbons (Fsp3) is 0.692. The Bertz CT molecular complexity index is 363. The number of nitrogens with two attached hydrogens (primary N) is 2. The molecule has 1 fully saturated rings. The van der Waals surface area contributed by atoms with Crippen LogP contribution in [0.2, 0.25) is 0 Å². The first-order chi connectivity index (χ1) is 8.29. The topological polar surface area (TPSA) is 52.0 Å². The van der Waals surface area contributed by atoms with E-state index in [9.17, 15) is 13.2 Å². The van der Waals surface area contributed by atoms with Gasteiger partial charge < -0.3 is 11.5 Å². The zero-order chi connectivity index (χ0) is 13.9. The first-order valence-electron chi connectivity index (χ1n) is 6.31. The van der Waals surface area contributed by atoms with Gasteiger partial charge in [0.25, 0.3) is 0 Å². The summed E-state index contributed by atoms with van der Waals surface area (Å²) in [5.41, 5.74) is 11.3. The van der Waals surface area contributed by atoms with Crippen molar-refractivity contribution in [1.29, 1.82) is 0 Å². The summed E-state index contributed by atoms with van der Waals surface area (Å²) < 4.78 is 38.1. The molecule has 2 nitrogen and oxygen atoms in total. The summed E-state index contributed by atoms with van der Waals surface area (Å²) in [6.45, 7) is 3.82. The maximum atomic E-state index is 12.7. The lowest BCUT2D eigenvalue weighted by molar-refractivity contribution is -0.0936. The third kappa shape index (κ3) is 3.68. The van der Waals surface area contributed by atoms with E-state index >= 15 is 0 Å². The monoisotopic (exact) mass is 262 g/mol. The molecule has 5 heteroatoms. The molecule has 0 aromatic rings. The Morgan fingerprint density at radius 3 is 2.17 bits per heavy atom. The third-order valence-corrected chi connectivity index (χ3v) is 3.24. The fourth-order valence-corrected chi connectivity index (χ4v) is 1.92. The molecule has 0 aromatic carbocycles. The smallest absolute Gasteiger partial charge is 0.398 e. The molecule has 0 heterocycles. The summed E-state index contributed by atoms with van der Waals surface area (Å²) in [6.07, 6.45) is -0.364. The Balaban J connectivity index is 3.06. The molecule has 1 saturated carbocycles. The lowest BCUT2D eigenvalue weighted by Crippen LogP contribution is -2.25. The molecule has 1 rings (SSSR count). The molecule has 0 atom stereocenters. The second kappa shape index (κ2) is 5.67. The Hall–Kier alpha value is -1.13. The highest BCUT2D eigenvalue weighted by Gasteiger charge is 2.40. The standard InChI is InChI=1S/C13H21F3N2/c1-3-4-5-8(2)11(17)10(9-6-7-9)12(18)13(14,15)16/h9H,3-7,17-18H2,1-2H3/b11-8-,12-10-. The first kappa shape index (κ1) is 14.9. The van der Waals surface area contributed by atoms with Gasteiger partial charge >= 0.3 is 6.18 Å². The van der Waals surface area contributed by atoms with Crippen LogP contribution in [0.3, 0.4) is 0 Å². The molecule has 0 radical (unpaired) electrons. The predicted octanol–water partition coefficient (Wildman–Crippen LogP) is 3.59. The van der Waals surface area contributed by atoms with Crippen LogP contribution in [-0.4, -0.2) is 6.18 Å². The van der Waals surface area contributed by atoms with E-state index < -0.39 is 11.9 Å². The van der Waals surface area contributed by atoms with E-state index in [2.05, 4.69) is 0 Å². The van der Waals surface area contributed by atoms with Crippen LogP contribution in [0, 0.1) is 5.92 Å². The number of allylic oxidation sites excluding steroid dienone is 3. The van der Waals surface area contributed by atoms with Gasteiger partial charge in [-0.25, -0.2) is 0 Å². The zero-order valence-electron chi connectivity index (χ0n) is 10.9. The van der Waals surface area contributed by atoms with Gasteiger partial charge in [-0.3, -0.25) is 0 Å². The van der Waals surface area contributed by atoms with Crippen molar-refractivity contribution in [3.05, 3.63) is 22.5 Å². The van der Waals surface area contributed by atoms with E-state index in [0.29, 0.717) is 0 Å². The number of alkyl halides is 3. The van der Waals surface area contributed by atoms with Crippen LogP contribution in [0.25, 0.3) is 0 Å². The Morgan fingerprint density at radius 2 is 1.78 bits per heavy atom. The van der Waals surface area contributed by atoms with E-state index in [1.165, 1.54) is 0 Å². The minimum absolute atomic E-state index is 0.108. The maximum absolute atomic E-state index is 12.7. The lowest BCUT2D eigenvalue weighted by Gasteiger charge is -2.16. The quantitative estimate of drug-likeness (QED) is 0.744. The molecule has 0 aromatic heterocycles. The summed E-state index contributed by atoms with van der Waals surface area (Å²) in [4.78, 5) is 0. The van der Waals surface area contributed by atoms with Crippen molar-refractivity contribution in [2.24, 2.45) is 17.4 Å². The summed E-state index contributed by atoms with van der Waals surface area (Å²) in [5.74, 6) is -0.108. The van der Waals surface area contributed by atoms with Gasteiger partial charge in [-0.15, -0.1) is 0 Å². The molecule has 0 saturated heterocycles. The molecule has 0 aliphatic heterocycles. The molecule has 18 heavy (non-hydrogen) atoms. The van der Waals surface area contributed by atoms with Crippen molar-refractivity contribution < 1.29 is 13.2 Å². The van der Waals surface area contributed by atoms with E-state index in [1.54, 1.807) is 6.92 Å². The summed E-state index contributed by atoms with van der Waals surface area (Å²) in [7, 11) is 0. The fourth-order valence-electron chi connectivity index (χ4n) is 1.92. The number of hydrogen-bond acceptors (Lipinski definition) is 2. The van der Waals surface area contributed by atoms with E-state index in [0.717, 1.165) is 37.7 Å². The molecule has 0 bridgehead atoms. The largest absolute Gasteiger partial charge is 0.431 e. The normalized spacial score (nSPS) is 19.4. The van der Waals surface area contributed by atoms with Gasteiger partial charge in [0, 0.05) is 11.3 Å². The summed E-state index contributed by atoms with van der Waals surface area (Å²) >= 11 is 0. The zero-order valence-corrected chi connectivity index (χ0v) is 10.9. The minimum Gasteiger partial charge on any atom is -0.398 e. The molecular formula is C13H21F3N2. The SMILES string of the molecule is CCCC/C(C)=C(N)/C(=C(\N)C(F)(F)F)C1CC1. The highest BCUT2D eigenvalue weighted by molar-refractivity contribution is 5.40. The third-order valence-electron chi connectivity index (χ3n) is 3.24. The van der Waals surface area contributed by atoms with E-state index in [4.69, 9.17) is 11.5 Å². The molecule has 4 N–H and O–H groups in total. The molecule has 1 aliphatic rings. The van der Waals surface area contributed by atoms with Crippen molar-refractivity contribution in [2.45, 2.75) is 52.1 Å². The van der Waals surface area contributed by atoms with Gasteiger partial charge in [-0.1, -0.05) is 13.3 Å². The number of halogens is 3. The van der Waals surface area contributed by atoms with Crippen molar-refractivity contribution >= 4 is 0 Å². The van der Waals surface area contributed by atoms with Gasteiger partial charge in [0.1, 0.15) is 5.70 Å². The number of unbranched alkanes of at least 4 members (excludes halogenated alkanes) is 1. The average Bonchev–Trinajstić information content (AvgIpc) is 3.08. The molecular weight excluding hydrogens is 241 g/mol. The van der Waals surface area contributed by atoms with E-state index in [-0.39, 0.29) is 17.2 Å². The Labute approximate surface area is 106 Å². The molecule has 0 unspecified atom stereocenters. The second-order valence-electron chi connectivity index (χ2n) is 4.90. The van der Waals surface area contributed by atoms with E-state index in [1.807, 2.05) is 6.92 Å². The molecule has 0 spiro atoms. The van der Waals surface area contributed by atoms with Crippen LogP contribution in [0.5, 0.6) is 0 Å². The van der Waals surface area contributed by atoms with Crippen molar-refractivity contribution in [3.8, 4) is 0 Å². The maximum Gasteiger partial charge on any atom is 0.431 e. The lowest BCUT2D eigenvalue weighted by atomic mass is 9.98. The van der Waals surface area contributed by atoms with Crippen LogP contribution in [0.4, 0.5) is 13.2 Å². The van der Waals surface area contributed by atoms with Crippen LogP contribution in [0.15, 0.2) is 22.5 Å². The van der Waals surface area contributed by atoms with Gasteiger partial charge in [0.2, 0.25) is 0 Å². The van der Waals surface area contributed by atoms with Crippen LogP contribution in [-0.2, 0) is 0 Å². The second-order valence-corrected chi connectivity index (χ2v) is 4.90. The van der Waals surface area contributed by atoms with Crippen LogP contribution in [0.1, 0.15) is 46.0 Å². The Kier molecular flexibility index (Phi) is 4.71. The minimum atomic E-state index is -4.49. The average molecular weight is 262 g/mol. The first-order valence-corrected chi connectivity index (χ1v) is 6.31. The highest BCUT2D eigenvalue weighted by atomic mass is 19.4. The highest BCUT2D eigenvalue weighted by Crippen LogP contribution is 2.43. The van der Waals surface area contributed by atoms with Crippen molar-refractivity contribution in [3.63, 3.8) is 0 Å². The Morgan fingerprint density at radius 1 is 1.22 bits per heavy atom. The summed E-state index contributed by atoms with van der Waals surface area (Å²) in [6, 6.07) is 0. The van der Waals surface area contributed by atoms with Gasteiger partial charge in [0.05, 0.1) is 0 Å². The van der Waals surface area contributed by atoms with Crippen molar-refractivity contribution in [2.75, 3.05) is 0 Å². The molecule has 104 valence electrons. The van der Waals surface area contributed by atoms with Crippen LogP contribution < -0.4 is 11.5 Å². The van der Waals surface area contributed by atoms with Gasteiger partial charge in [0.15, 0.2) is 0 Å². The van der Waals surface area contributed by atoms with Crippen LogP contribution >= 0.6 is 0 Å². The number of rotatable bonds is 5. The predicted molar refractivity (Wildman–Crippen MR) is 66.4 cm³/mol. The van der Waals surface area contributed by atoms with Gasteiger partial charge in [-0.2, -0.15) is 13.2 Å². The summed E-state index contributed by atoms with van der Waals surface area (Å²) in [5, 5.41) is 0. The van der Waals surface area contributed by atoms with Crippen molar-refractivity contribution in [1.82, 2.24) is 0 Å².